The topological polar surface area (TPSA) is 27.7 Å². The molecule has 0 bridgehead atoms. The van der Waals surface area contributed by atoms with Crippen LogP contribution in [0.5, 0.6) is 5.75 Å². The molecule has 1 fully saturated rings. The van der Waals surface area contributed by atoms with Crippen LogP contribution in [-0.2, 0) is 9.47 Å². The van der Waals surface area contributed by atoms with Gasteiger partial charge in [0.1, 0.15) is 5.75 Å². The zero-order chi connectivity index (χ0) is 26.1. The zero-order valence-electron chi connectivity index (χ0n) is 23.5. The first-order valence-corrected chi connectivity index (χ1v) is 14.9. The fourth-order valence-electron chi connectivity index (χ4n) is 5.04. The van der Waals surface area contributed by atoms with Crippen molar-refractivity contribution < 1.29 is 14.2 Å². The maximum Gasteiger partial charge on any atom is 0.183 e. The van der Waals surface area contributed by atoms with Gasteiger partial charge in [0.15, 0.2) is 6.29 Å². The van der Waals surface area contributed by atoms with Gasteiger partial charge in [0, 0.05) is 11.5 Å². The highest BCUT2D eigenvalue weighted by atomic mass is 16.7. The second-order valence-electron chi connectivity index (χ2n) is 10.8. The summed E-state index contributed by atoms with van der Waals surface area (Å²) in [5.74, 6) is 1.47. The Kier molecular flexibility index (Phi) is 13.9. The molecule has 2 aromatic carbocycles. The van der Waals surface area contributed by atoms with Gasteiger partial charge in [-0.05, 0) is 62.3 Å². The average Bonchev–Trinajstić information content (AvgIpc) is 2.93. The minimum absolute atomic E-state index is 0.246. The summed E-state index contributed by atoms with van der Waals surface area (Å²) < 4.78 is 18.3. The maximum absolute atomic E-state index is 6.11. The van der Waals surface area contributed by atoms with Crippen molar-refractivity contribution in [3.05, 3.63) is 66.7 Å². The van der Waals surface area contributed by atoms with Crippen molar-refractivity contribution in [1.29, 1.82) is 0 Å². The van der Waals surface area contributed by atoms with Gasteiger partial charge in [0.05, 0.1) is 19.3 Å². The molecular weight excluding hydrogens is 456 g/mol. The van der Waals surface area contributed by atoms with Gasteiger partial charge in [0.2, 0.25) is 0 Å². The van der Waals surface area contributed by atoms with Gasteiger partial charge in [-0.2, -0.15) is 0 Å². The van der Waals surface area contributed by atoms with Gasteiger partial charge in [-0.3, -0.25) is 0 Å². The van der Waals surface area contributed by atoms with Gasteiger partial charge < -0.3 is 14.2 Å². The molecule has 204 valence electrons. The first kappa shape index (κ1) is 29.5. The predicted octanol–water partition coefficient (Wildman–Crippen LogP) is 10.1. The first-order chi connectivity index (χ1) is 18.2. The van der Waals surface area contributed by atoms with Crippen molar-refractivity contribution in [1.82, 2.24) is 0 Å². The lowest BCUT2D eigenvalue weighted by molar-refractivity contribution is -0.206. The van der Waals surface area contributed by atoms with Crippen LogP contribution in [0, 0.1) is 5.92 Å². The van der Waals surface area contributed by atoms with E-state index in [9.17, 15) is 0 Å². The lowest BCUT2D eigenvalue weighted by Gasteiger charge is -2.29. The van der Waals surface area contributed by atoms with E-state index in [4.69, 9.17) is 14.2 Å². The highest BCUT2D eigenvalue weighted by Gasteiger charge is 2.23. The van der Waals surface area contributed by atoms with Gasteiger partial charge in [-0.15, -0.1) is 6.58 Å². The van der Waals surface area contributed by atoms with E-state index in [0.717, 1.165) is 37.4 Å². The van der Waals surface area contributed by atoms with Gasteiger partial charge in [0.25, 0.3) is 0 Å². The molecule has 2 aromatic rings. The van der Waals surface area contributed by atoms with Crippen molar-refractivity contribution in [2.75, 3.05) is 13.2 Å². The van der Waals surface area contributed by atoms with Crippen LogP contribution in [0.1, 0.15) is 109 Å². The van der Waals surface area contributed by atoms with E-state index >= 15 is 0 Å². The highest BCUT2D eigenvalue weighted by molar-refractivity contribution is 5.64. The summed E-state index contributed by atoms with van der Waals surface area (Å²) in [6.45, 7) is 9.80. The van der Waals surface area contributed by atoms with E-state index in [0.29, 0.717) is 5.92 Å². The summed E-state index contributed by atoms with van der Waals surface area (Å²) in [6.07, 6.45) is 18.6. The summed E-state index contributed by atoms with van der Waals surface area (Å²) in [4.78, 5) is 0. The van der Waals surface area contributed by atoms with Crippen LogP contribution in [0.2, 0.25) is 0 Å². The number of hydrogen-bond acceptors (Lipinski definition) is 3. The molecule has 0 spiro atoms. The van der Waals surface area contributed by atoms with Crippen molar-refractivity contribution in [3.63, 3.8) is 0 Å². The summed E-state index contributed by atoms with van der Waals surface area (Å²) in [5, 5.41) is 0. The van der Waals surface area contributed by atoms with Crippen LogP contribution in [0.4, 0.5) is 0 Å². The van der Waals surface area contributed by atoms with Crippen molar-refractivity contribution in [3.8, 4) is 16.9 Å². The van der Waals surface area contributed by atoms with E-state index in [2.05, 4.69) is 69.0 Å². The third-order valence-corrected chi connectivity index (χ3v) is 7.41. The Morgan fingerprint density at radius 3 is 2.05 bits per heavy atom. The molecule has 1 heterocycles. The molecule has 0 aliphatic carbocycles. The second kappa shape index (κ2) is 17.4. The number of hydrogen-bond donors (Lipinski definition) is 0. The SMILES string of the molecule is C=CCCCCCCCCC1COC(c2ccc(-c3ccc(OC(C)CCCCCC)cc3)cc2)OC1. The molecule has 1 atom stereocenters. The Balaban J connectivity index is 1.35. The molecular formula is C34H50O3. The Bertz CT molecular complexity index is 850. The normalized spacial score (nSPS) is 18.4. The quantitative estimate of drug-likeness (QED) is 0.149. The molecule has 3 heteroatoms. The van der Waals surface area contributed by atoms with Gasteiger partial charge in [-0.1, -0.05) is 101 Å². The molecule has 0 amide bonds. The number of ether oxygens (including phenoxy) is 3. The summed E-state index contributed by atoms with van der Waals surface area (Å²) >= 11 is 0. The Labute approximate surface area is 226 Å². The van der Waals surface area contributed by atoms with E-state index < -0.39 is 0 Å². The van der Waals surface area contributed by atoms with Crippen molar-refractivity contribution >= 4 is 0 Å². The smallest absolute Gasteiger partial charge is 0.183 e. The van der Waals surface area contributed by atoms with Crippen LogP contribution in [0.15, 0.2) is 61.2 Å². The van der Waals surface area contributed by atoms with Crippen LogP contribution in [0.3, 0.4) is 0 Å². The molecule has 0 radical (unpaired) electrons. The van der Waals surface area contributed by atoms with Crippen LogP contribution >= 0.6 is 0 Å². The first-order valence-electron chi connectivity index (χ1n) is 14.9. The summed E-state index contributed by atoms with van der Waals surface area (Å²) in [5.41, 5.74) is 3.49. The molecule has 1 aliphatic heterocycles. The van der Waals surface area contributed by atoms with E-state index in [1.807, 2.05) is 6.08 Å². The fraction of sp³-hybridized carbons (Fsp3) is 0.588. The van der Waals surface area contributed by atoms with Crippen molar-refractivity contribution in [2.24, 2.45) is 5.92 Å². The minimum atomic E-state index is -0.246. The molecule has 1 saturated heterocycles. The third-order valence-electron chi connectivity index (χ3n) is 7.41. The van der Waals surface area contributed by atoms with E-state index in [1.54, 1.807) is 0 Å². The molecule has 0 saturated carbocycles. The fourth-order valence-corrected chi connectivity index (χ4v) is 5.04. The Morgan fingerprint density at radius 2 is 1.41 bits per heavy atom. The largest absolute Gasteiger partial charge is 0.491 e. The molecule has 1 unspecified atom stereocenters. The maximum atomic E-state index is 6.11. The summed E-state index contributed by atoms with van der Waals surface area (Å²) in [6, 6.07) is 17.1. The molecule has 0 N–H and O–H groups in total. The lowest BCUT2D eigenvalue weighted by Crippen LogP contribution is -2.27. The average molecular weight is 507 g/mol. The molecule has 3 rings (SSSR count). The third kappa shape index (κ3) is 11.0. The van der Waals surface area contributed by atoms with Crippen LogP contribution in [0.25, 0.3) is 11.1 Å². The second-order valence-corrected chi connectivity index (χ2v) is 10.8. The Morgan fingerprint density at radius 1 is 0.811 bits per heavy atom. The predicted molar refractivity (Wildman–Crippen MR) is 156 cm³/mol. The summed E-state index contributed by atoms with van der Waals surface area (Å²) in [7, 11) is 0. The number of benzene rings is 2. The molecule has 0 aromatic heterocycles. The van der Waals surface area contributed by atoms with Crippen LogP contribution in [-0.4, -0.2) is 19.3 Å². The van der Waals surface area contributed by atoms with Crippen LogP contribution < -0.4 is 4.74 Å². The van der Waals surface area contributed by atoms with Crippen molar-refractivity contribution in [2.45, 2.75) is 110 Å². The minimum Gasteiger partial charge on any atom is -0.491 e. The van der Waals surface area contributed by atoms with Gasteiger partial charge in [-0.25, -0.2) is 0 Å². The van der Waals surface area contributed by atoms with E-state index in [1.165, 1.54) is 81.8 Å². The molecule has 3 nitrogen and oxygen atoms in total. The van der Waals surface area contributed by atoms with Gasteiger partial charge >= 0.3 is 0 Å². The number of unbranched alkanes of at least 4 members (excludes halogenated alkanes) is 9. The molecule has 1 aliphatic rings. The number of allylic oxidation sites excluding steroid dienone is 1. The zero-order valence-corrected chi connectivity index (χ0v) is 23.5. The lowest BCUT2D eigenvalue weighted by atomic mass is 10.00. The molecule has 37 heavy (non-hydrogen) atoms. The Hall–Kier alpha value is -2.10. The highest BCUT2D eigenvalue weighted by Crippen LogP contribution is 2.30. The van der Waals surface area contributed by atoms with E-state index in [-0.39, 0.29) is 12.4 Å². The number of rotatable bonds is 18. The monoisotopic (exact) mass is 506 g/mol. The standard InChI is InChI=1S/C34H50O3/c1-4-6-8-10-11-12-13-15-17-29-26-35-34(36-27-29)32-20-18-30(19-21-32)31-22-24-33(25-23-31)37-28(3)16-14-9-7-5-2/h4,18-25,28-29,34H,1,5-17,26-27H2,2-3H3.